The van der Waals surface area contributed by atoms with Gasteiger partial charge in [-0.2, -0.15) is 0 Å². The average Bonchev–Trinajstić information content (AvgIpc) is 2.78. The van der Waals surface area contributed by atoms with Crippen LogP contribution in [0.5, 0.6) is 0 Å². The van der Waals surface area contributed by atoms with E-state index in [2.05, 4.69) is 10.1 Å². The third kappa shape index (κ3) is 2.00. The van der Waals surface area contributed by atoms with Crippen molar-refractivity contribution in [3.8, 4) is 0 Å². The maximum Gasteiger partial charge on any atom is 0.216 e. The molecule has 0 spiro atoms. The van der Waals surface area contributed by atoms with Crippen LogP contribution in [0.25, 0.3) is 0 Å². The number of ketones is 1. The Balaban J connectivity index is 2.27. The van der Waals surface area contributed by atoms with Crippen molar-refractivity contribution in [1.29, 1.82) is 0 Å². The van der Waals surface area contributed by atoms with E-state index in [4.69, 9.17) is 0 Å². The summed E-state index contributed by atoms with van der Waals surface area (Å²) in [6, 6.07) is 10.1. The third-order valence-corrected chi connectivity index (χ3v) is 2.50. The SMILES string of the molecule is CC(=O)c1ncn(C(C)c2ccccc2)n1. The van der Waals surface area contributed by atoms with E-state index in [9.17, 15) is 4.79 Å². The Morgan fingerprint density at radius 3 is 2.56 bits per heavy atom. The largest absolute Gasteiger partial charge is 0.291 e. The second-order valence-electron chi connectivity index (χ2n) is 3.69. The van der Waals surface area contributed by atoms with Crippen molar-refractivity contribution in [2.24, 2.45) is 0 Å². The van der Waals surface area contributed by atoms with Gasteiger partial charge in [-0.25, -0.2) is 9.67 Å². The first-order chi connectivity index (χ1) is 7.68. The molecular weight excluding hydrogens is 202 g/mol. The lowest BCUT2D eigenvalue weighted by Crippen LogP contribution is -2.08. The van der Waals surface area contributed by atoms with Gasteiger partial charge in [0.1, 0.15) is 6.33 Å². The Kier molecular flexibility index (Phi) is 2.81. The summed E-state index contributed by atoms with van der Waals surface area (Å²) >= 11 is 0. The molecule has 0 radical (unpaired) electrons. The van der Waals surface area contributed by atoms with E-state index in [0.29, 0.717) is 0 Å². The van der Waals surface area contributed by atoms with Gasteiger partial charge in [0.25, 0.3) is 0 Å². The molecule has 1 unspecified atom stereocenters. The van der Waals surface area contributed by atoms with E-state index in [1.807, 2.05) is 37.3 Å². The lowest BCUT2D eigenvalue weighted by molar-refractivity contribution is 0.100. The van der Waals surface area contributed by atoms with Gasteiger partial charge in [0.2, 0.25) is 5.82 Å². The number of hydrogen-bond acceptors (Lipinski definition) is 3. The number of carbonyl (C=O) groups is 1. The molecule has 4 heteroatoms. The Labute approximate surface area is 93.9 Å². The Hall–Kier alpha value is -1.97. The van der Waals surface area contributed by atoms with Crippen molar-refractivity contribution in [3.05, 3.63) is 48.0 Å². The zero-order valence-corrected chi connectivity index (χ0v) is 9.29. The number of benzene rings is 1. The zero-order chi connectivity index (χ0) is 11.5. The van der Waals surface area contributed by atoms with Crippen LogP contribution in [0, 0.1) is 0 Å². The lowest BCUT2D eigenvalue weighted by atomic mass is 10.1. The Bertz CT molecular complexity index is 490. The van der Waals surface area contributed by atoms with Gasteiger partial charge in [0.15, 0.2) is 5.78 Å². The number of rotatable bonds is 3. The second-order valence-corrected chi connectivity index (χ2v) is 3.69. The molecule has 0 fully saturated rings. The van der Waals surface area contributed by atoms with E-state index in [1.165, 1.54) is 6.92 Å². The summed E-state index contributed by atoms with van der Waals surface area (Å²) in [5.41, 5.74) is 1.14. The minimum Gasteiger partial charge on any atom is -0.291 e. The minimum absolute atomic E-state index is 0.0850. The molecule has 0 aliphatic heterocycles. The molecule has 2 aromatic rings. The summed E-state index contributed by atoms with van der Waals surface area (Å²) in [7, 11) is 0. The van der Waals surface area contributed by atoms with Crippen molar-refractivity contribution in [2.45, 2.75) is 19.9 Å². The van der Waals surface area contributed by atoms with Crippen molar-refractivity contribution in [3.63, 3.8) is 0 Å². The summed E-state index contributed by atoms with van der Waals surface area (Å²) < 4.78 is 1.70. The molecule has 0 bridgehead atoms. The van der Waals surface area contributed by atoms with Crippen molar-refractivity contribution in [2.75, 3.05) is 0 Å². The first-order valence-corrected chi connectivity index (χ1v) is 5.15. The monoisotopic (exact) mass is 215 g/mol. The normalized spacial score (nSPS) is 12.4. The summed E-state index contributed by atoms with van der Waals surface area (Å²) in [4.78, 5) is 15.0. The van der Waals surface area contributed by atoms with E-state index >= 15 is 0 Å². The third-order valence-electron chi connectivity index (χ3n) is 2.50. The van der Waals surface area contributed by atoms with Gasteiger partial charge in [-0.05, 0) is 12.5 Å². The molecule has 4 nitrogen and oxygen atoms in total. The Morgan fingerprint density at radius 1 is 1.31 bits per heavy atom. The first kappa shape index (κ1) is 10.5. The molecule has 0 saturated carbocycles. The van der Waals surface area contributed by atoms with Crippen molar-refractivity contribution < 1.29 is 4.79 Å². The van der Waals surface area contributed by atoms with Crippen LogP contribution < -0.4 is 0 Å². The predicted molar refractivity (Wildman–Crippen MR) is 60.3 cm³/mol. The standard InChI is InChI=1S/C12H13N3O/c1-9(11-6-4-3-5-7-11)15-8-13-12(14-15)10(2)16/h3-9H,1-2H3. The van der Waals surface area contributed by atoms with Gasteiger partial charge in [-0.3, -0.25) is 4.79 Å². The summed E-state index contributed by atoms with van der Waals surface area (Å²) in [6.07, 6.45) is 1.59. The predicted octanol–water partition coefficient (Wildman–Crippen LogP) is 2.09. The lowest BCUT2D eigenvalue weighted by Gasteiger charge is -2.10. The maximum atomic E-state index is 11.1. The first-order valence-electron chi connectivity index (χ1n) is 5.15. The van der Waals surface area contributed by atoms with E-state index in [-0.39, 0.29) is 17.6 Å². The summed E-state index contributed by atoms with van der Waals surface area (Å²) in [6.45, 7) is 3.49. The Morgan fingerprint density at radius 2 is 2.00 bits per heavy atom. The fraction of sp³-hybridized carbons (Fsp3) is 0.250. The van der Waals surface area contributed by atoms with Gasteiger partial charge >= 0.3 is 0 Å². The van der Waals surface area contributed by atoms with E-state index in [0.717, 1.165) is 5.56 Å². The molecule has 1 atom stereocenters. The average molecular weight is 215 g/mol. The molecular formula is C12H13N3O. The van der Waals surface area contributed by atoms with Gasteiger partial charge in [0.05, 0.1) is 6.04 Å². The van der Waals surface area contributed by atoms with Gasteiger partial charge in [-0.1, -0.05) is 30.3 Å². The molecule has 1 heterocycles. The van der Waals surface area contributed by atoms with E-state index < -0.39 is 0 Å². The fourth-order valence-electron chi connectivity index (χ4n) is 1.51. The minimum atomic E-state index is -0.112. The van der Waals surface area contributed by atoms with Crippen LogP contribution in [0.1, 0.15) is 36.1 Å². The van der Waals surface area contributed by atoms with Crippen LogP contribution >= 0.6 is 0 Å². The van der Waals surface area contributed by atoms with Gasteiger partial charge < -0.3 is 0 Å². The molecule has 0 aliphatic carbocycles. The molecule has 0 N–H and O–H groups in total. The van der Waals surface area contributed by atoms with Crippen LogP contribution in [-0.2, 0) is 0 Å². The fourth-order valence-corrected chi connectivity index (χ4v) is 1.51. The van der Waals surface area contributed by atoms with Gasteiger partial charge in [0, 0.05) is 6.92 Å². The zero-order valence-electron chi connectivity index (χ0n) is 9.29. The second kappa shape index (κ2) is 4.26. The maximum absolute atomic E-state index is 11.1. The highest BCUT2D eigenvalue weighted by Gasteiger charge is 2.11. The molecule has 0 saturated heterocycles. The number of Topliss-reactive ketones (excluding diaryl/α,β-unsaturated/α-hetero) is 1. The van der Waals surface area contributed by atoms with Crippen molar-refractivity contribution >= 4 is 5.78 Å². The highest BCUT2D eigenvalue weighted by atomic mass is 16.1. The molecule has 16 heavy (non-hydrogen) atoms. The topological polar surface area (TPSA) is 47.8 Å². The van der Waals surface area contributed by atoms with Crippen LogP contribution in [0.15, 0.2) is 36.7 Å². The van der Waals surface area contributed by atoms with Crippen LogP contribution in [0.4, 0.5) is 0 Å². The summed E-state index contributed by atoms with van der Waals surface area (Å²) in [5.74, 6) is 0.154. The number of nitrogens with zero attached hydrogens (tertiary/aromatic N) is 3. The van der Waals surface area contributed by atoms with Crippen molar-refractivity contribution in [1.82, 2.24) is 14.8 Å². The quantitative estimate of drug-likeness (QED) is 0.736. The summed E-state index contributed by atoms with van der Waals surface area (Å²) in [5, 5.41) is 4.14. The molecule has 1 aromatic heterocycles. The van der Waals surface area contributed by atoms with Gasteiger partial charge in [-0.15, -0.1) is 5.10 Å². The highest BCUT2D eigenvalue weighted by molar-refractivity contribution is 5.89. The van der Waals surface area contributed by atoms with Crippen LogP contribution in [-0.4, -0.2) is 20.5 Å². The number of carbonyl (C=O) groups excluding carboxylic acids is 1. The molecule has 0 amide bonds. The molecule has 0 aliphatic rings. The number of hydrogen-bond donors (Lipinski definition) is 0. The highest BCUT2D eigenvalue weighted by Crippen LogP contribution is 2.15. The number of aromatic nitrogens is 3. The smallest absolute Gasteiger partial charge is 0.216 e. The molecule has 82 valence electrons. The van der Waals surface area contributed by atoms with Crippen LogP contribution in [0.3, 0.4) is 0 Å². The van der Waals surface area contributed by atoms with Crippen LogP contribution in [0.2, 0.25) is 0 Å². The molecule has 2 rings (SSSR count). The van der Waals surface area contributed by atoms with E-state index in [1.54, 1.807) is 11.0 Å². The molecule has 1 aromatic carbocycles.